The molecular weight excluding hydrogens is 699 g/mol. The molecule has 0 spiro atoms. The average molecular weight is 752 g/mol. The number of anilines is 2. The van der Waals surface area contributed by atoms with E-state index < -0.39 is 17.1 Å². The summed E-state index contributed by atoms with van der Waals surface area (Å²) in [6, 6.07) is 21.3. The number of unbranched alkanes of at least 4 members (excludes halogenated alkanes) is 1. The second-order valence-electron chi connectivity index (χ2n) is 13.6. The van der Waals surface area contributed by atoms with E-state index in [1.807, 2.05) is 74.5 Å². The summed E-state index contributed by atoms with van der Waals surface area (Å²) in [4.78, 5) is 30.2. The first-order valence-corrected chi connectivity index (χ1v) is 20.3. The lowest BCUT2D eigenvalue weighted by atomic mass is 9.96. The average Bonchev–Trinajstić information content (AvgIpc) is 3.16. The first-order chi connectivity index (χ1) is 26.2. The molecule has 0 saturated carbocycles. The third kappa shape index (κ3) is 11.1. The number of carbonyl (C=O) groups is 2. The summed E-state index contributed by atoms with van der Waals surface area (Å²) in [7, 11) is 0. The van der Waals surface area contributed by atoms with Crippen LogP contribution < -0.4 is 15.0 Å². The molecule has 3 aromatic rings. The Balaban J connectivity index is 1.31. The number of carbonyl (C=O) groups excluding carboxylic acids is 1. The lowest BCUT2D eigenvalue weighted by Gasteiger charge is -2.30. The van der Waals surface area contributed by atoms with E-state index in [2.05, 4.69) is 40.8 Å². The van der Waals surface area contributed by atoms with Crippen LogP contribution in [0.5, 0.6) is 5.75 Å². The number of hydrogen-bond donors (Lipinski definition) is 2. The number of carboxylic acid groups (broad SMARTS) is 1. The third-order valence-corrected chi connectivity index (χ3v) is 10.9. The largest absolute Gasteiger partial charge is 0.611 e. The van der Waals surface area contributed by atoms with Crippen LogP contribution in [0.25, 0.3) is 17.2 Å². The van der Waals surface area contributed by atoms with Crippen LogP contribution in [0.1, 0.15) is 71.8 Å². The van der Waals surface area contributed by atoms with Gasteiger partial charge in [0.1, 0.15) is 12.4 Å². The fraction of sp³-hybridized carbons (Fsp3) is 0.386. The Morgan fingerprint density at radius 2 is 1.70 bits per heavy atom. The normalized spacial score (nSPS) is 15.8. The molecule has 0 radical (unpaired) electrons. The van der Waals surface area contributed by atoms with Crippen molar-refractivity contribution in [2.24, 2.45) is 0 Å². The van der Waals surface area contributed by atoms with Crippen LogP contribution in [0, 0.1) is 0 Å². The Kier molecular flexibility index (Phi) is 15.1. The molecule has 2 aliphatic heterocycles. The standard InChI is InChI=1S/C44H53N3O6S/c1-5-7-26-52-27-28-53-39-17-12-34(13-18-39)35-14-21-41-37(29-35)30-36(9-8-24-46(41)25-22-43(48)49)44(50)45-38-15-19-40(20-16-38)54(51)31-42-32(3)10-11-33(4)47(42)23-6-2/h10,12-21,29-30H,5-9,22-28,31H2,1-4H3,(H,45,50)(H,48,49)/b36-30+/t54-/m0/s1. The van der Waals surface area contributed by atoms with Gasteiger partial charge in [-0.05, 0) is 134 Å². The van der Waals surface area contributed by atoms with Gasteiger partial charge in [0.05, 0.1) is 24.4 Å². The minimum Gasteiger partial charge on any atom is -0.611 e. The molecule has 0 bridgehead atoms. The third-order valence-electron chi connectivity index (χ3n) is 9.56. The first-order valence-electron chi connectivity index (χ1n) is 19.0. The SMILES string of the molecule is CCCCOCCOc1ccc(-c2ccc3c(c2)/C=C(/C(=O)Nc2ccc([S@@+]([O-])CC4=C(C)C=C=C(C)N4CCC)cc2)CCCN3CCC(=O)O)cc1. The van der Waals surface area contributed by atoms with Crippen LogP contribution in [-0.2, 0) is 25.5 Å². The molecule has 9 nitrogen and oxygen atoms in total. The van der Waals surface area contributed by atoms with Gasteiger partial charge in [-0.2, -0.15) is 0 Å². The number of rotatable bonds is 18. The minimum atomic E-state index is -1.26. The number of hydrogen-bond acceptors (Lipinski definition) is 7. The molecule has 0 fully saturated rings. The van der Waals surface area contributed by atoms with Crippen LogP contribution in [0.2, 0.25) is 0 Å². The van der Waals surface area contributed by atoms with E-state index in [0.717, 1.165) is 77.5 Å². The Morgan fingerprint density at radius 3 is 2.43 bits per heavy atom. The molecule has 0 aliphatic carbocycles. The highest BCUT2D eigenvalue weighted by molar-refractivity contribution is 7.91. The van der Waals surface area contributed by atoms with Crippen molar-refractivity contribution in [3.8, 4) is 16.9 Å². The summed E-state index contributed by atoms with van der Waals surface area (Å²) in [5, 5.41) is 12.5. The number of nitrogens with zero attached hydrogens (tertiary/aromatic N) is 2. The number of nitrogens with one attached hydrogen (secondary N) is 1. The maximum absolute atomic E-state index is 13.8. The van der Waals surface area contributed by atoms with E-state index in [9.17, 15) is 19.2 Å². The van der Waals surface area contributed by atoms with Crippen LogP contribution in [0.3, 0.4) is 0 Å². The van der Waals surface area contributed by atoms with Crippen LogP contribution in [0.15, 0.2) is 106 Å². The molecule has 54 heavy (non-hydrogen) atoms. The fourth-order valence-corrected chi connectivity index (χ4v) is 7.79. The van der Waals surface area contributed by atoms with Crippen molar-refractivity contribution in [1.82, 2.24) is 4.90 Å². The number of carboxylic acids is 1. The smallest absolute Gasteiger partial charge is 0.305 e. The Labute approximate surface area is 323 Å². The fourth-order valence-electron chi connectivity index (χ4n) is 6.55. The zero-order valence-corrected chi connectivity index (χ0v) is 32.8. The maximum atomic E-state index is 13.8. The molecule has 10 heteroatoms. The summed E-state index contributed by atoms with van der Waals surface area (Å²) >= 11 is -1.26. The van der Waals surface area contributed by atoms with E-state index in [-0.39, 0.29) is 12.3 Å². The first kappa shape index (κ1) is 40.5. The number of amides is 1. The van der Waals surface area contributed by atoms with Gasteiger partial charge in [0, 0.05) is 43.2 Å². The van der Waals surface area contributed by atoms with Crippen LogP contribution in [0.4, 0.5) is 11.4 Å². The van der Waals surface area contributed by atoms with Crippen molar-refractivity contribution in [2.75, 3.05) is 55.4 Å². The Bertz CT molecular complexity index is 1880. The van der Waals surface area contributed by atoms with Gasteiger partial charge in [-0.15, -0.1) is 0 Å². The van der Waals surface area contributed by atoms with E-state index >= 15 is 0 Å². The molecule has 286 valence electrons. The molecule has 0 unspecified atom stereocenters. The predicted octanol–water partition coefficient (Wildman–Crippen LogP) is 8.81. The van der Waals surface area contributed by atoms with Crippen molar-refractivity contribution in [3.63, 3.8) is 0 Å². The summed E-state index contributed by atoms with van der Waals surface area (Å²) in [5.74, 6) is 0.116. The molecule has 2 heterocycles. The highest BCUT2D eigenvalue weighted by Crippen LogP contribution is 2.33. The van der Waals surface area contributed by atoms with E-state index in [0.29, 0.717) is 61.1 Å². The number of aliphatic carboxylic acids is 1. The van der Waals surface area contributed by atoms with E-state index in [4.69, 9.17) is 9.47 Å². The molecule has 2 N–H and O–H groups in total. The van der Waals surface area contributed by atoms with Gasteiger partial charge in [-0.3, -0.25) is 9.59 Å². The van der Waals surface area contributed by atoms with Crippen molar-refractivity contribution in [2.45, 2.75) is 71.1 Å². The summed E-state index contributed by atoms with van der Waals surface area (Å²) in [5.41, 5.74) is 11.4. The van der Waals surface area contributed by atoms with E-state index in [1.54, 1.807) is 12.1 Å². The highest BCUT2D eigenvalue weighted by Gasteiger charge is 2.24. The monoisotopic (exact) mass is 751 g/mol. The second kappa shape index (κ2) is 20.1. The van der Waals surface area contributed by atoms with Crippen LogP contribution >= 0.6 is 0 Å². The summed E-state index contributed by atoms with van der Waals surface area (Å²) in [6.45, 7) is 11.9. The van der Waals surface area contributed by atoms with E-state index in [1.165, 1.54) is 0 Å². The second-order valence-corrected chi connectivity index (χ2v) is 15.1. The van der Waals surface area contributed by atoms with Crippen molar-refractivity contribution in [1.29, 1.82) is 0 Å². The summed E-state index contributed by atoms with van der Waals surface area (Å²) < 4.78 is 24.9. The van der Waals surface area contributed by atoms with Gasteiger partial charge in [-0.25, -0.2) is 0 Å². The lowest BCUT2D eigenvalue weighted by molar-refractivity contribution is -0.136. The molecular formula is C44H53N3O6S. The predicted molar refractivity (Wildman–Crippen MR) is 218 cm³/mol. The van der Waals surface area contributed by atoms with Gasteiger partial charge >= 0.3 is 5.97 Å². The zero-order valence-electron chi connectivity index (χ0n) is 32.0. The van der Waals surface area contributed by atoms with Crippen molar-refractivity contribution >= 4 is 40.5 Å². The van der Waals surface area contributed by atoms with Gasteiger partial charge < -0.3 is 34.2 Å². The topological polar surface area (TPSA) is 114 Å². The molecule has 0 saturated heterocycles. The molecule has 1 atom stereocenters. The number of allylic oxidation sites excluding steroid dienone is 2. The molecule has 1 amide bonds. The van der Waals surface area contributed by atoms with Crippen LogP contribution in [-0.4, -0.2) is 71.6 Å². The van der Waals surface area contributed by atoms with Crippen molar-refractivity contribution < 1.29 is 28.7 Å². The van der Waals surface area contributed by atoms with Gasteiger partial charge in [0.25, 0.3) is 5.91 Å². The Hall–Kier alpha value is -4.73. The van der Waals surface area contributed by atoms with Crippen molar-refractivity contribution in [3.05, 3.63) is 107 Å². The van der Waals surface area contributed by atoms with Gasteiger partial charge in [0.15, 0.2) is 10.6 Å². The number of benzene rings is 3. The molecule has 3 aromatic carbocycles. The van der Waals surface area contributed by atoms with Gasteiger partial charge in [-0.1, -0.05) is 44.2 Å². The van der Waals surface area contributed by atoms with Gasteiger partial charge in [0.2, 0.25) is 0 Å². The zero-order chi connectivity index (χ0) is 38.5. The molecule has 0 aromatic heterocycles. The summed E-state index contributed by atoms with van der Waals surface area (Å²) in [6.07, 6.45) is 8.24. The quantitative estimate of drug-likeness (QED) is 0.0754. The number of ether oxygens (including phenoxy) is 2. The lowest BCUT2D eigenvalue weighted by Crippen LogP contribution is -2.29. The highest BCUT2D eigenvalue weighted by atomic mass is 32.2. The molecule has 2 aliphatic rings. The maximum Gasteiger partial charge on any atom is 0.305 e. The molecule has 5 rings (SSSR count). The number of fused-ring (bicyclic) bond motifs is 1. The minimum absolute atomic E-state index is 0.0199. The Morgan fingerprint density at radius 1 is 0.944 bits per heavy atom.